The van der Waals surface area contributed by atoms with Gasteiger partial charge in [0, 0.05) is 5.02 Å². The lowest BCUT2D eigenvalue weighted by Gasteiger charge is -2.43. The molecule has 2 heterocycles. The third kappa shape index (κ3) is 3.99. The summed E-state index contributed by atoms with van der Waals surface area (Å²) in [5.74, 6) is -0.371. The molecule has 27 heavy (non-hydrogen) atoms. The van der Waals surface area contributed by atoms with Crippen molar-refractivity contribution in [1.82, 2.24) is 4.90 Å². The topological polar surface area (TPSA) is 38.8 Å². The first kappa shape index (κ1) is 18.0. The van der Waals surface area contributed by atoms with Gasteiger partial charge in [0.15, 0.2) is 0 Å². The number of rotatable bonds is 3. The predicted molar refractivity (Wildman–Crippen MR) is 101 cm³/mol. The Kier molecular flexibility index (Phi) is 5.14. The number of amides is 1. The molecular weight excluding hydrogens is 369 g/mol. The first-order valence-corrected chi connectivity index (χ1v) is 9.22. The molecule has 0 saturated carbocycles. The molecule has 140 valence electrons. The van der Waals surface area contributed by atoms with Gasteiger partial charge in [-0.2, -0.15) is 0 Å². The van der Waals surface area contributed by atoms with Gasteiger partial charge in [0.1, 0.15) is 12.4 Å². The maximum atomic E-state index is 13.7. The highest BCUT2D eigenvalue weighted by Gasteiger charge is 2.39. The lowest BCUT2D eigenvalue weighted by molar-refractivity contribution is -0.0342. The van der Waals surface area contributed by atoms with Gasteiger partial charge in [-0.05, 0) is 41.3 Å². The van der Waals surface area contributed by atoms with Crippen molar-refractivity contribution in [3.8, 4) is 0 Å². The smallest absolute Gasteiger partial charge is 0.411 e. The highest BCUT2D eigenvalue weighted by molar-refractivity contribution is 6.30. The molecule has 1 fully saturated rings. The fourth-order valence-corrected chi connectivity index (χ4v) is 3.85. The number of benzene rings is 2. The van der Waals surface area contributed by atoms with Gasteiger partial charge in [0.05, 0.1) is 25.3 Å². The zero-order valence-corrected chi connectivity index (χ0v) is 15.4. The van der Waals surface area contributed by atoms with Gasteiger partial charge in [-0.3, -0.25) is 4.90 Å². The average Bonchev–Trinajstić information content (AvgIpc) is 2.65. The van der Waals surface area contributed by atoms with E-state index in [1.807, 2.05) is 36.4 Å². The second kappa shape index (κ2) is 7.71. The van der Waals surface area contributed by atoms with Crippen LogP contribution in [-0.2, 0) is 16.1 Å². The first-order chi connectivity index (χ1) is 13.1. The highest BCUT2D eigenvalue weighted by atomic mass is 35.5. The van der Waals surface area contributed by atoms with E-state index in [-0.39, 0.29) is 30.6 Å². The number of fused-ring (bicyclic) bond motifs is 2. The molecule has 2 aromatic rings. The minimum atomic E-state index is -0.371. The maximum Gasteiger partial charge on any atom is 0.411 e. The quantitative estimate of drug-likeness (QED) is 0.768. The second-order valence-corrected chi connectivity index (χ2v) is 7.20. The first-order valence-electron chi connectivity index (χ1n) is 8.84. The van der Waals surface area contributed by atoms with Crippen LogP contribution in [0.25, 0.3) is 5.57 Å². The Balaban J connectivity index is 1.52. The molecule has 0 N–H and O–H groups in total. The summed E-state index contributed by atoms with van der Waals surface area (Å²) in [6.07, 6.45) is 2.16. The van der Waals surface area contributed by atoms with E-state index in [0.717, 1.165) is 16.7 Å². The Morgan fingerprint density at radius 3 is 2.78 bits per heavy atom. The summed E-state index contributed by atoms with van der Waals surface area (Å²) in [5.41, 5.74) is 2.66. The standard InChI is InChI=1S/C21H19ClFNO3/c22-17-6-15(7-18(23)10-17)16-8-19-12-26-13-20(9-16)24(19)21(25)27-11-14-4-2-1-3-5-14/h1-8,10,19-20H,9,11-13H2. The molecule has 2 atom stereocenters. The predicted octanol–water partition coefficient (Wildman–Crippen LogP) is 4.67. The van der Waals surface area contributed by atoms with Gasteiger partial charge >= 0.3 is 6.09 Å². The minimum Gasteiger partial charge on any atom is -0.445 e. The maximum absolute atomic E-state index is 13.7. The van der Waals surface area contributed by atoms with Crippen molar-refractivity contribution in [1.29, 1.82) is 0 Å². The van der Waals surface area contributed by atoms with Crippen molar-refractivity contribution in [2.45, 2.75) is 25.1 Å². The molecule has 2 aliphatic rings. The van der Waals surface area contributed by atoms with E-state index >= 15 is 0 Å². The van der Waals surface area contributed by atoms with Gasteiger partial charge in [-0.25, -0.2) is 9.18 Å². The van der Waals surface area contributed by atoms with Crippen molar-refractivity contribution < 1.29 is 18.7 Å². The van der Waals surface area contributed by atoms with Crippen LogP contribution in [0, 0.1) is 5.82 Å². The van der Waals surface area contributed by atoms with E-state index in [1.54, 1.807) is 11.0 Å². The summed E-state index contributed by atoms with van der Waals surface area (Å²) in [4.78, 5) is 14.4. The number of carbonyl (C=O) groups excluding carboxylic acids is 1. The Morgan fingerprint density at radius 2 is 2.04 bits per heavy atom. The third-order valence-electron chi connectivity index (χ3n) is 4.85. The summed E-state index contributed by atoms with van der Waals surface area (Å²) < 4.78 is 24.8. The zero-order valence-electron chi connectivity index (χ0n) is 14.6. The van der Waals surface area contributed by atoms with E-state index in [1.165, 1.54) is 12.1 Å². The lowest BCUT2D eigenvalue weighted by atomic mass is 9.90. The number of carbonyl (C=O) groups is 1. The van der Waals surface area contributed by atoms with Crippen LogP contribution in [0.4, 0.5) is 9.18 Å². The lowest BCUT2D eigenvalue weighted by Crippen LogP contribution is -2.56. The summed E-state index contributed by atoms with van der Waals surface area (Å²) in [7, 11) is 0. The van der Waals surface area contributed by atoms with Gasteiger partial charge in [0.25, 0.3) is 0 Å². The van der Waals surface area contributed by atoms with Crippen LogP contribution in [0.15, 0.2) is 54.6 Å². The summed E-state index contributed by atoms with van der Waals surface area (Å²) >= 11 is 5.99. The number of morpholine rings is 1. The summed E-state index contributed by atoms with van der Waals surface area (Å²) in [6.45, 7) is 1.05. The molecule has 2 unspecified atom stereocenters. The van der Waals surface area contributed by atoms with E-state index in [0.29, 0.717) is 24.7 Å². The molecule has 2 bridgehead atoms. The molecule has 4 rings (SSSR count). The monoisotopic (exact) mass is 387 g/mol. The highest BCUT2D eigenvalue weighted by Crippen LogP contribution is 2.34. The van der Waals surface area contributed by atoms with Crippen LogP contribution >= 0.6 is 11.6 Å². The van der Waals surface area contributed by atoms with Gasteiger partial charge in [-0.1, -0.05) is 48.0 Å². The molecule has 2 aromatic carbocycles. The van der Waals surface area contributed by atoms with Crippen molar-refractivity contribution >= 4 is 23.3 Å². The number of ether oxygens (including phenoxy) is 2. The largest absolute Gasteiger partial charge is 0.445 e. The number of nitrogens with zero attached hydrogens (tertiary/aromatic N) is 1. The fraction of sp³-hybridized carbons (Fsp3) is 0.286. The van der Waals surface area contributed by atoms with E-state index in [9.17, 15) is 9.18 Å². The number of hydrogen-bond acceptors (Lipinski definition) is 3. The number of halogens is 2. The van der Waals surface area contributed by atoms with Gasteiger partial charge in [-0.15, -0.1) is 0 Å². The van der Waals surface area contributed by atoms with E-state index < -0.39 is 0 Å². The molecule has 1 saturated heterocycles. The SMILES string of the molecule is O=C(OCc1ccccc1)N1C2C=C(c3cc(F)cc(Cl)c3)CC1COC2. The van der Waals surface area contributed by atoms with Crippen LogP contribution in [0.1, 0.15) is 17.5 Å². The third-order valence-corrected chi connectivity index (χ3v) is 5.07. The molecule has 4 nitrogen and oxygen atoms in total. The van der Waals surface area contributed by atoms with E-state index in [2.05, 4.69) is 0 Å². The van der Waals surface area contributed by atoms with Crippen molar-refractivity contribution in [2.24, 2.45) is 0 Å². The number of hydrogen-bond donors (Lipinski definition) is 0. The Labute approximate surface area is 162 Å². The zero-order chi connectivity index (χ0) is 18.8. The summed E-state index contributed by atoms with van der Waals surface area (Å²) in [6, 6.07) is 13.7. The van der Waals surface area contributed by atoms with Crippen LogP contribution in [0.3, 0.4) is 0 Å². The van der Waals surface area contributed by atoms with Crippen LogP contribution < -0.4 is 0 Å². The van der Waals surface area contributed by atoms with Crippen molar-refractivity contribution in [3.63, 3.8) is 0 Å². The molecule has 0 radical (unpaired) electrons. The second-order valence-electron chi connectivity index (χ2n) is 6.76. The average molecular weight is 388 g/mol. The van der Waals surface area contributed by atoms with E-state index in [4.69, 9.17) is 21.1 Å². The van der Waals surface area contributed by atoms with Crippen molar-refractivity contribution in [2.75, 3.05) is 13.2 Å². The van der Waals surface area contributed by atoms with Crippen LogP contribution in [0.2, 0.25) is 5.02 Å². The molecular formula is C21H19ClFNO3. The minimum absolute atomic E-state index is 0.144. The normalized spacial score (nSPS) is 21.6. The Bertz CT molecular complexity index is 851. The molecule has 0 aliphatic carbocycles. The van der Waals surface area contributed by atoms with Gasteiger partial charge in [0.2, 0.25) is 0 Å². The molecule has 1 amide bonds. The Morgan fingerprint density at radius 1 is 1.22 bits per heavy atom. The summed E-state index contributed by atoms with van der Waals surface area (Å²) in [5, 5.41) is 0.358. The molecule has 0 spiro atoms. The molecule has 2 aliphatic heterocycles. The van der Waals surface area contributed by atoms with Crippen molar-refractivity contribution in [3.05, 3.63) is 76.6 Å². The fourth-order valence-electron chi connectivity index (χ4n) is 3.63. The van der Waals surface area contributed by atoms with Crippen LogP contribution in [-0.4, -0.2) is 36.3 Å². The molecule has 0 aromatic heterocycles. The van der Waals surface area contributed by atoms with Gasteiger partial charge < -0.3 is 9.47 Å². The Hall–Kier alpha value is -2.37. The van der Waals surface area contributed by atoms with Crippen LogP contribution in [0.5, 0.6) is 0 Å². The molecule has 6 heteroatoms.